The van der Waals surface area contributed by atoms with E-state index in [0.717, 1.165) is 17.0 Å². The quantitative estimate of drug-likeness (QED) is 0.488. The highest BCUT2D eigenvalue weighted by Crippen LogP contribution is 2.30. The zero-order valence-corrected chi connectivity index (χ0v) is 13.9. The monoisotopic (exact) mass is 350 g/mol. The molecule has 5 rings (SSSR count). The van der Waals surface area contributed by atoms with Crippen LogP contribution in [0, 0.1) is 12.7 Å². The number of halogens is 1. The van der Waals surface area contributed by atoms with Gasteiger partial charge >= 0.3 is 0 Å². The summed E-state index contributed by atoms with van der Waals surface area (Å²) in [7, 11) is 0. The van der Waals surface area contributed by atoms with Gasteiger partial charge in [-0.2, -0.15) is 9.61 Å². The molecule has 4 aromatic heterocycles. The molecule has 0 fully saturated rings. The smallest absolute Gasteiger partial charge is 0.235 e. The molecule has 122 valence electrons. The van der Waals surface area contributed by atoms with E-state index in [9.17, 15) is 4.39 Å². The zero-order valence-electron chi connectivity index (χ0n) is 13.1. The van der Waals surface area contributed by atoms with Gasteiger partial charge in [0.05, 0.1) is 5.69 Å². The second kappa shape index (κ2) is 5.18. The van der Waals surface area contributed by atoms with Gasteiger partial charge in [0.2, 0.25) is 10.8 Å². The van der Waals surface area contributed by atoms with Gasteiger partial charge in [0, 0.05) is 11.8 Å². The maximum Gasteiger partial charge on any atom is 0.235 e. The van der Waals surface area contributed by atoms with Crippen molar-refractivity contribution >= 4 is 21.9 Å². The SMILES string of the molecule is Cc1nc2ccccn2c1-c1nnc2sc(-c3ccccc3F)nn12. The standard InChI is InChI=1S/C17H11FN6S/c1-10-14(23-9-5-4-8-13(23)19-10)15-20-21-17-24(15)22-16(25-17)11-6-2-3-7-12(11)18/h2-9H,1H3. The summed E-state index contributed by atoms with van der Waals surface area (Å²) in [5, 5.41) is 13.6. The minimum absolute atomic E-state index is 0.306. The van der Waals surface area contributed by atoms with Crippen LogP contribution in [-0.4, -0.2) is 29.2 Å². The zero-order chi connectivity index (χ0) is 17.0. The highest BCUT2D eigenvalue weighted by atomic mass is 32.1. The van der Waals surface area contributed by atoms with Crippen LogP contribution in [-0.2, 0) is 0 Å². The second-order valence-corrected chi connectivity index (χ2v) is 6.54. The van der Waals surface area contributed by atoms with E-state index in [0.29, 0.717) is 21.4 Å². The van der Waals surface area contributed by atoms with Gasteiger partial charge in [0.25, 0.3) is 0 Å². The van der Waals surface area contributed by atoms with Crippen LogP contribution in [0.1, 0.15) is 5.69 Å². The highest BCUT2D eigenvalue weighted by molar-refractivity contribution is 7.19. The molecule has 0 radical (unpaired) electrons. The number of hydrogen-bond donors (Lipinski definition) is 0. The first kappa shape index (κ1) is 14.2. The number of imidazole rings is 1. The molecule has 0 aliphatic heterocycles. The van der Waals surface area contributed by atoms with Crippen LogP contribution in [0.15, 0.2) is 48.7 Å². The molecule has 0 bridgehead atoms. The van der Waals surface area contributed by atoms with E-state index < -0.39 is 0 Å². The lowest BCUT2D eigenvalue weighted by molar-refractivity contribution is 0.631. The Morgan fingerprint density at radius 1 is 1.04 bits per heavy atom. The third-order valence-electron chi connectivity index (χ3n) is 4.01. The van der Waals surface area contributed by atoms with Crippen LogP contribution in [0.4, 0.5) is 4.39 Å². The third-order valence-corrected chi connectivity index (χ3v) is 4.94. The average molecular weight is 350 g/mol. The molecular weight excluding hydrogens is 339 g/mol. The molecule has 4 heterocycles. The summed E-state index contributed by atoms with van der Waals surface area (Å²) < 4.78 is 17.7. The molecule has 0 N–H and O–H groups in total. The van der Waals surface area contributed by atoms with Crippen molar-refractivity contribution < 1.29 is 4.39 Å². The van der Waals surface area contributed by atoms with Gasteiger partial charge in [0.15, 0.2) is 5.01 Å². The van der Waals surface area contributed by atoms with Crippen molar-refractivity contribution in [1.29, 1.82) is 0 Å². The van der Waals surface area contributed by atoms with Crippen molar-refractivity contribution in [3.8, 4) is 22.1 Å². The number of aromatic nitrogens is 6. The van der Waals surface area contributed by atoms with Crippen molar-refractivity contribution in [3.63, 3.8) is 0 Å². The van der Waals surface area contributed by atoms with E-state index in [-0.39, 0.29) is 5.82 Å². The van der Waals surface area contributed by atoms with E-state index >= 15 is 0 Å². The molecular formula is C17H11FN6S. The summed E-state index contributed by atoms with van der Waals surface area (Å²) in [5.74, 6) is 0.282. The Morgan fingerprint density at radius 3 is 2.76 bits per heavy atom. The van der Waals surface area contributed by atoms with Gasteiger partial charge in [-0.15, -0.1) is 10.2 Å². The maximum atomic E-state index is 14.1. The molecule has 6 nitrogen and oxygen atoms in total. The summed E-state index contributed by atoms with van der Waals surface area (Å²) in [6.07, 6.45) is 1.93. The molecule has 8 heteroatoms. The molecule has 0 spiro atoms. The Morgan fingerprint density at radius 2 is 1.88 bits per heavy atom. The number of nitrogens with zero attached hydrogens (tertiary/aromatic N) is 6. The molecule has 25 heavy (non-hydrogen) atoms. The molecule has 0 saturated carbocycles. The van der Waals surface area contributed by atoms with Crippen LogP contribution in [0.2, 0.25) is 0 Å². The molecule has 1 aromatic carbocycles. The number of hydrogen-bond acceptors (Lipinski definition) is 5. The van der Waals surface area contributed by atoms with Crippen LogP contribution in [0.5, 0.6) is 0 Å². The van der Waals surface area contributed by atoms with Crippen molar-refractivity contribution in [2.75, 3.05) is 0 Å². The molecule has 0 amide bonds. The Kier molecular flexibility index (Phi) is 2.95. The number of aryl methyl sites for hydroxylation is 1. The van der Waals surface area contributed by atoms with Gasteiger partial charge in [-0.05, 0) is 31.2 Å². The fourth-order valence-corrected chi connectivity index (χ4v) is 3.76. The number of rotatable bonds is 2. The minimum atomic E-state index is -0.306. The lowest BCUT2D eigenvalue weighted by atomic mass is 10.2. The largest absolute Gasteiger partial charge is 0.297 e. The van der Waals surface area contributed by atoms with Crippen molar-refractivity contribution in [2.24, 2.45) is 0 Å². The first-order valence-electron chi connectivity index (χ1n) is 7.63. The summed E-state index contributed by atoms with van der Waals surface area (Å²) >= 11 is 1.30. The lowest BCUT2D eigenvalue weighted by Crippen LogP contribution is -1.96. The normalized spacial score (nSPS) is 11.6. The first-order chi connectivity index (χ1) is 12.2. The molecule has 0 aliphatic rings. The molecule has 0 aliphatic carbocycles. The van der Waals surface area contributed by atoms with Crippen LogP contribution in [0.3, 0.4) is 0 Å². The maximum absolute atomic E-state index is 14.1. The van der Waals surface area contributed by atoms with Gasteiger partial charge in [-0.3, -0.25) is 4.40 Å². The Hall–Kier alpha value is -3.13. The van der Waals surface area contributed by atoms with Crippen molar-refractivity contribution in [3.05, 3.63) is 60.2 Å². The predicted octanol–water partition coefficient (Wildman–Crippen LogP) is 3.62. The number of benzene rings is 1. The van der Waals surface area contributed by atoms with E-state index in [4.69, 9.17) is 0 Å². The molecule has 0 unspecified atom stereocenters. The Bertz CT molecular complexity index is 1230. The fraction of sp³-hybridized carbons (Fsp3) is 0.0588. The summed E-state index contributed by atoms with van der Waals surface area (Å²) in [5.41, 5.74) is 2.95. The van der Waals surface area contributed by atoms with Crippen molar-refractivity contribution in [2.45, 2.75) is 6.92 Å². The van der Waals surface area contributed by atoms with Gasteiger partial charge in [-0.1, -0.05) is 29.5 Å². The van der Waals surface area contributed by atoms with Crippen LogP contribution in [0.25, 0.3) is 32.7 Å². The van der Waals surface area contributed by atoms with Crippen LogP contribution >= 0.6 is 11.3 Å². The average Bonchev–Trinajstić information content (AvgIpc) is 3.27. The third kappa shape index (κ3) is 2.07. The topological polar surface area (TPSA) is 60.4 Å². The van der Waals surface area contributed by atoms with Crippen molar-refractivity contribution in [1.82, 2.24) is 29.2 Å². The van der Waals surface area contributed by atoms with Gasteiger partial charge < -0.3 is 0 Å². The van der Waals surface area contributed by atoms with E-state index in [1.165, 1.54) is 17.4 Å². The molecule has 0 saturated heterocycles. The molecule has 0 atom stereocenters. The predicted molar refractivity (Wildman–Crippen MR) is 93.0 cm³/mol. The van der Waals surface area contributed by atoms with Gasteiger partial charge in [-0.25, -0.2) is 9.37 Å². The highest BCUT2D eigenvalue weighted by Gasteiger charge is 2.20. The molecule has 5 aromatic rings. The van der Waals surface area contributed by atoms with Crippen LogP contribution < -0.4 is 0 Å². The lowest BCUT2D eigenvalue weighted by Gasteiger charge is -1.99. The van der Waals surface area contributed by atoms with Gasteiger partial charge in [0.1, 0.15) is 17.2 Å². The summed E-state index contributed by atoms with van der Waals surface area (Å²) in [4.78, 5) is 5.16. The Balaban J connectivity index is 1.75. The van der Waals surface area contributed by atoms with E-state index in [1.807, 2.05) is 35.7 Å². The Labute approximate surface area is 145 Å². The summed E-state index contributed by atoms with van der Waals surface area (Å²) in [6.45, 7) is 1.92. The number of fused-ring (bicyclic) bond motifs is 2. The first-order valence-corrected chi connectivity index (χ1v) is 8.45. The minimum Gasteiger partial charge on any atom is -0.297 e. The summed E-state index contributed by atoms with van der Waals surface area (Å²) in [6, 6.07) is 12.4. The van der Waals surface area contributed by atoms with E-state index in [2.05, 4.69) is 20.3 Å². The second-order valence-electron chi connectivity index (χ2n) is 5.58. The van der Waals surface area contributed by atoms with E-state index in [1.54, 1.807) is 22.7 Å². The fourth-order valence-electron chi connectivity index (χ4n) is 2.89. The number of pyridine rings is 1.